The van der Waals surface area contributed by atoms with Crippen molar-refractivity contribution in [2.75, 3.05) is 0 Å². The number of nitrogens with one attached hydrogen (secondary N) is 1. The maximum absolute atomic E-state index is 12.0. The van der Waals surface area contributed by atoms with Crippen molar-refractivity contribution in [2.45, 2.75) is 33.2 Å². The first-order valence-corrected chi connectivity index (χ1v) is 7.33. The highest BCUT2D eigenvalue weighted by Crippen LogP contribution is 2.18. The molecule has 0 aliphatic rings. The van der Waals surface area contributed by atoms with Crippen LogP contribution in [0.4, 0.5) is 0 Å². The molecule has 1 amide bonds. The lowest BCUT2D eigenvalue weighted by Gasteiger charge is -2.12. The Morgan fingerprint density at radius 2 is 2.05 bits per heavy atom. The molecule has 1 heterocycles. The van der Waals surface area contributed by atoms with Crippen LogP contribution in [0.1, 0.15) is 34.5 Å². The molecule has 2 nitrogen and oxygen atoms in total. The second-order valence-electron chi connectivity index (χ2n) is 4.90. The van der Waals surface area contributed by atoms with Crippen molar-refractivity contribution < 1.29 is 4.79 Å². The first-order chi connectivity index (χ1) is 9.06. The SMILES string of the molecule is Cc1ccc(CC(=O)NC(C)c2cccs2)cc1C. The molecule has 0 fully saturated rings. The van der Waals surface area contributed by atoms with Crippen LogP contribution in [0.3, 0.4) is 0 Å². The molecule has 3 heteroatoms. The van der Waals surface area contributed by atoms with Gasteiger partial charge in [-0.05, 0) is 48.9 Å². The van der Waals surface area contributed by atoms with E-state index in [2.05, 4.69) is 31.3 Å². The predicted octanol–water partition coefficient (Wildman–Crippen LogP) is 3.78. The minimum atomic E-state index is 0.0733. The van der Waals surface area contributed by atoms with Crippen molar-refractivity contribution in [3.05, 3.63) is 57.3 Å². The summed E-state index contributed by atoms with van der Waals surface area (Å²) in [4.78, 5) is 13.2. The zero-order chi connectivity index (χ0) is 13.8. The van der Waals surface area contributed by atoms with Gasteiger partial charge < -0.3 is 5.32 Å². The number of carbonyl (C=O) groups is 1. The quantitative estimate of drug-likeness (QED) is 0.902. The number of amides is 1. The summed E-state index contributed by atoms with van der Waals surface area (Å²) in [6.45, 7) is 6.17. The van der Waals surface area contributed by atoms with Crippen molar-refractivity contribution in [2.24, 2.45) is 0 Å². The molecule has 0 spiro atoms. The second-order valence-corrected chi connectivity index (χ2v) is 5.88. The molecule has 0 radical (unpaired) electrons. The van der Waals surface area contributed by atoms with Gasteiger partial charge in [0.1, 0.15) is 0 Å². The number of carbonyl (C=O) groups excluding carboxylic acids is 1. The lowest BCUT2D eigenvalue weighted by Crippen LogP contribution is -2.27. The lowest BCUT2D eigenvalue weighted by molar-refractivity contribution is -0.121. The Kier molecular flexibility index (Phi) is 4.38. The number of aryl methyl sites for hydroxylation is 2. The van der Waals surface area contributed by atoms with Gasteiger partial charge in [0.25, 0.3) is 0 Å². The Labute approximate surface area is 118 Å². The van der Waals surface area contributed by atoms with Crippen LogP contribution in [-0.4, -0.2) is 5.91 Å². The maximum Gasteiger partial charge on any atom is 0.224 e. The average molecular weight is 273 g/mol. The van der Waals surface area contributed by atoms with Crippen LogP contribution in [0.15, 0.2) is 35.7 Å². The van der Waals surface area contributed by atoms with Crippen molar-refractivity contribution in [3.8, 4) is 0 Å². The van der Waals surface area contributed by atoms with E-state index in [9.17, 15) is 4.79 Å². The third kappa shape index (κ3) is 3.67. The van der Waals surface area contributed by atoms with E-state index in [4.69, 9.17) is 0 Å². The molecule has 19 heavy (non-hydrogen) atoms. The number of rotatable bonds is 4. The number of benzene rings is 1. The van der Waals surface area contributed by atoms with Gasteiger partial charge in [0.05, 0.1) is 12.5 Å². The van der Waals surface area contributed by atoms with Gasteiger partial charge in [-0.15, -0.1) is 11.3 Å². The summed E-state index contributed by atoms with van der Waals surface area (Å²) in [6, 6.07) is 10.3. The number of hydrogen-bond donors (Lipinski definition) is 1. The Bertz CT molecular complexity index is 560. The summed E-state index contributed by atoms with van der Waals surface area (Å²) in [5.41, 5.74) is 3.56. The van der Waals surface area contributed by atoms with Crippen molar-refractivity contribution in [3.63, 3.8) is 0 Å². The van der Waals surface area contributed by atoms with E-state index in [-0.39, 0.29) is 11.9 Å². The van der Waals surface area contributed by atoms with E-state index in [0.29, 0.717) is 6.42 Å². The highest BCUT2D eigenvalue weighted by Gasteiger charge is 2.11. The first kappa shape index (κ1) is 13.8. The third-order valence-corrected chi connectivity index (χ3v) is 4.34. The first-order valence-electron chi connectivity index (χ1n) is 6.45. The van der Waals surface area contributed by atoms with E-state index < -0.39 is 0 Å². The molecule has 1 unspecified atom stereocenters. The number of thiophene rings is 1. The van der Waals surface area contributed by atoms with Crippen LogP contribution < -0.4 is 5.32 Å². The van der Waals surface area contributed by atoms with E-state index in [1.165, 1.54) is 16.0 Å². The monoisotopic (exact) mass is 273 g/mol. The van der Waals surface area contributed by atoms with Crippen LogP contribution in [0.5, 0.6) is 0 Å². The summed E-state index contributed by atoms with van der Waals surface area (Å²) in [7, 11) is 0. The molecular weight excluding hydrogens is 254 g/mol. The molecule has 0 aliphatic carbocycles. The minimum absolute atomic E-state index is 0.0733. The molecule has 1 atom stereocenters. The molecule has 0 aliphatic heterocycles. The largest absolute Gasteiger partial charge is 0.348 e. The van der Waals surface area contributed by atoms with Crippen LogP contribution in [-0.2, 0) is 11.2 Å². The second kappa shape index (κ2) is 6.02. The molecule has 1 aromatic heterocycles. The van der Waals surface area contributed by atoms with Gasteiger partial charge in [0, 0.05) is 4.88 Å². The molecular formula is C16H19NOS. The Balaban J connectivity index is 1.95. The molecule has 2 rings (SSSR count). The molecule has 1 N–H and O–H groups in total. The van der Waals surface area contributed by atoms with Gasteiger partial charge in [-0.3, -0.25) is 4.79 Å². The summed E-state index contributed by atoms with van der Waals surface area (Å²) < 4.78 is 0. The lowest BCUT2D eigenvalue weighted by atomic mass is 10.0. The topological polar surface area (TPSA) is 29.1 Å². The highest BCUT2D eigenvalue weighted by atomic mass is 32.1. The number of hydrogen-bond acceptors (Lipinski definition) is 2. The fourth-order valence-electron chi connectivity index (χ4n) is 2.00. The van der Waals surface area contributed by atoms with E-state index in [1.54, 1.807) is 11.3 Å². The Hall–Kier alpha value is -1.61. The van der Waals surface area contributed by atoms with Crippen molar-refractivity contribution in [1.82, 2.24) is 5.32 Å². The van der Waals surface area contributed by atoms with Gasteiger partial charge >= 0.3 is 0 Å². The van der Waals surface area contributed by atoms with Crippen LogP contribution in [0, 0.1) is 13.8 Å². The predicted molar refractivity (Wildman–Crippen MR) is 80.5 cm³/mol. The van der Waals surface area contributed by atoms with E-state index in [1.807, 2.05) is 30.5 Å². The van der Waals surface area contributed by atoms with Gasteiger partial charge in [0.2, 0.25) is 5.91 Å². The van der Waals surface area contributed by atoms with Gasteiger partial charge in [-0.2, -0.15) is 0 Å². The zero-order valence-electron chi connectivity index (χ0n) is 11.6. The summed E-state index contributed by atoms with van der Waals surface area (Å²) in [5.74, 6) is 0.0733. The van der Waals surface area contributed by atoms with Crippen molar-refractivity contribution in [1.29, 1.82) is 0 Å². The third-order valence-electron chi connectivity index (χ3n) is 3.28. The highest BCUT2D eigenvalue weighted by molar-refractivity contribution is 7.10. The van der Waals surface area contributed by atoms with Gasteiger partial charge in [-0.1, -0.05) is 24.3 Å². The molecule has 0 saturated heterocycles. The van der Waals surface area contributed by atoms with E-state index >= 15 is 0 Å². The minimum Gasteiger partial charge on any atom is -0.348 e. The van der Waals surface area contributed by atoms with Gasteiger partial charge in [-0.25, -0.2) is 0 Å². The van der Waals surface area contributed by atoms with Crippen LogP contribution in [0.2, 0.25) is 0 Å². The standard InChI is InChI=1S/C16H19NOS/c1-11-6-7-14(9-12(11)2)10-16(18)17-13(3)15-5-4-8-19-15/h4-9,13H,10H2,1-3H3,(H,17,18). The summed E-state index contributed by atoms with van der Waals surface area (Å²) in [5, 5.41) is 5.07. The fraction of sp³-hybridized carbons (Fsp3) is 0.312. The van der Waals surface area contributed by atoms with Crippen molar-refractivity contribution >= 4 is 17.2 Å². The molecule has 100 valence electrons. The Morgan fingerprint density at radius 1 is 1.26 bits per heavy atom. The molecule has 0 bridgehead atoms. The fourth-order valence-corrected chi connectivity index (χ4v) is 2.73. The molecule has 2 aromatic rings. The summed E-state index contributed by atoms with van der Waals surface area (Å²) >= 11 is 1.67. The maximum atomic E-state index is 12.0. The van der Waals surface area contributed by atoms with Crippen LogP contribution >= 0.6 is 11.3 Å². The smallest absolute Gasteiger partial charge is 0.224 e. The molecule has 0 saturated carbocycles. The average Bonchev–Trinajstić information content (AvgIpc) is 2.87. The zero-order valence-corrected chi connectivity index (χ0v) is 12.4. The molecule has 1 aromatic carbocycles. The van der Waals surface area contributed by atoms with Gasteiger partial charge in [0.15, 0.2) is 0 Å². The van der Waals surface area contributed by atoms with Crippen LogP contribution in [0.25, 0.3) is 0 Å². The normalized spacial score (nSPS) is 12.2. The Morgan fingerprint density at radius 3 is 2.68 bits per heavy atom. The van der Waals surface area contributed by atoms with E-state index in [0.717, 1.165) is 5.56 Å². The summed E-state index contributed by atoms with van der Waals surface area (Å²) in [6.07, 6.45) is 0.441.